The number of benzene rings is 2. The van der Waals surface area contributed by atoms with Gasteiger partial charge in [-0.15, -0.1) is 11.3 Å². The van der Waals surface area contributed by atoms with Crippen LogP contribution in [0.4, 0.5) is 5.82 Å². The number of nitrogens with zero attached hydrogens (tertiary/aromatic N) is 6. The number of anilines is 1. The van der Waals surface area contributed by atoms with Crippen molar-refractivity contribution in [2.75, 3.05) is 31.1 Å². The normalized spacial score (nSPS) is 14.1. The van der Waals surface area contributed by atoms with Crippen LogP contribution in [0.5, 0.6) is 0 Å². The van der Waals surface area contributed by atoms with E-state index in [0.717, 1.165) is 65.0 Å². The summed E-state index contributed by atoms with van der Waals surface area (Å²) in [6.07, 6.45) is 2.00. The Hall–Kier alpha value is -4.04. The maximum absolute atomic E-state index is 13.0. The van der Waals surface area contributed by atoms with Crippen LogP contribution < -0.4 is 4.90 Å². The van der Waals surface area contributed by atoms with Crippen LogP contribution in [-0.4, -0.2) is 56.7 Å². The van der Waals surface area contributed by atoms with Crippen molar-refractivity contribution < 1.29 is 4.79 Å². The molecule has 0 unspecified atom stereocenters. The highest BCUT2D eigenvalue weighted by atomic mass is 32.1. The maximum Gasteiger partial charge on any atom is 0.227 e. The molecule has 0 aliphatic carbocycles. The summed E-state index contributed by atoms with van der Waals surface area (Å²) in [6, 6.07) is 24.5. The van der Waals surface area contributed by atoms with Crippen LogP contribution in [0, 0.1) is 6.92 Å². The molecule has 0 N–H and O–H groups in total. The van der Waals surface area contributed by atoms with Gasteiger partial charge in [0.05, 0.1) is 23.2 Å². The monoisotopic (exact) mass is 522 g/mol. The zero-order valence-corrected chi connectivity index (χ0v) is 22.3. The van der Waals surface area contributed by atoms with Gasteiger partial charge in [0, 0.05) is 37.5 Å². The smallest absolute Gasteiger partial charge is 0.227 e. The molecule has 8 heteroatoms. The lowest BCUT2D eigenvalue weighted by Crippen LogP contribution is -2.36. The average molecular weight is 523 g/mol. The van der Waals surface area contributed by atoms with Gasteiger partial charge in [0.2, 0.25) is 5.91 Å². The van der Waals surface area contributed by atoms with Crippen LogP contribution >= 0.6 is 11.3 Å². The molecule has 7 nitrogen and oxygen atoms in total. The van der Waals surface area contributed by atoms with Gasteiger partial charge in [0.25, 0.3) is 0 Å². The second-order valence-electron chi connectivity index (χ2n) is 9.63. The molecule has 2 aromatic carbocycles. The molecule has 0 atom stereocenters. The minimum absolute atomic E-state index is 0.194. The fourth-order valence-electron chi connectivity index (χ4n) is 5.09. The third kappa shape index (κ3) is 5.04. The quantitative estimate of drug-likeness (QED) is 0.312. The molecule has 1 aliphatic rings. The van der Waals surface area contributed by atoms with Crippen molar-refractivity contribution >= 4 is 34.1 Å². The molecule has 4 heterocycles. The summed E-state index contributed by atoms with van der Waals surface area (Å²) in [5.41, 5.74) is 3.86. The second kappa shape index (κ2) is 10.8. The number of thiophene rings is 1. The van der Waals surface area contributed by atoms with Crippen LogP contribution in [0.3, 0.4) is 0 Å². The number of aryl methyl sites for hydroxylation is 1. The first-order chi connectivity index (χ1) is 18.7. The molecule has 0 saturated carbocycles. The van der Waals surface area contributed by atoms with E-state index in [1.165, 1.54) is 5.56 Å². The highest BCUT2D eigenvalue weighted by Crippen LogP contribution is 2.30. The molecule has 192 valence electrons. The van der Waals surface area contributed by atoms with Crippen molar-refractivity contribution in [2.24, 2.45) is 0 Å². The number of para-hydroxylation sites is 1. The van der Waals surface area contributed by atoms with Gasteiger partial charge in [-0.05, 0) is 42.5 Å². The number of rotatable bonds is 6. The van der Waals surface area contributed by atoms with Gasteiger partial charge in [-0.1, -0.05) is 54.6 Å². The van der Waals surface area contributed by atoms with E-state index in [1.54, 1.807) is 11.3 Å². The first-order valence-corrected chi connectivity index (χ1v) is 13.9. The molecule has 6 rings (SSSR count). The Morgan fingerprint density at radius 1 is 0.895 bits per heavy atom. The SMILES string of the molecule is Cc1nn(-c2ccccc2)c2nc(Cc3ccccc3)nc(N3CCCN(C(=O)Cc4cccs4)CC3)c12. The molecular weight excluding hydrogens is 492 g/mol. The van der Waals surface area contributed by atoms with E-state index < -0.39 is 0 Å². The van der Waals surface area contributed by atoms with Crippen molar-refractivity contribution in [3.8, 4) is 5.69 Å². The summed E-state index contributed by atoms with van der Waals surface area (Å²) < 4.78 is 1.93. The summed E-state index contributed by atoms with van der Waals surface area (Å²) in [4.78, 5) is 28.6. The average Bonchev–Trinajstić information content (AvgIpc) is 3.49. The Morgan fingerprint density at radius 3 is 2.45 bits per heavy atom. The van der Waals surface area contributed by atoms with E-state index in [9.17, 15) is 4.79 Å². The lowest BCUT2D eigenvalue weighted by atomic mass is 10.1. The molecule has 3 aromatic heterocycles. The number of amides is 1. The number of fused-ring (bicyclic) bond motifs is 1. The molecule has 1 saturated heterocycles. The predicted octanol–water partition coefficient (Wildman–Crippen LogP) is 5.06. The van der Waals surface area contributed by atoms with E-state index in [1.807, 2.05) is 82.5 Å². The first-order valence-electron chi connectivity index (χ1n) is 13.1. The van der Waals surface area contributed by atoms with Gasteiger partial charge < -0.3 is 9.80 Å². The molecule has 0 bridgehead atoms. The first kappa shape index (κ1) is 24.3. The van der Waals surface area contributed by atoms with E-state index >= 15 is 0 Å². The Bertz CT molecular complexity index is 1530. The summed E-state index contributed by atoms with van der Waals surface area (Å²) in [5, 5.41) is 7.90. The number of hydrogen-bond acceptors (Lipinski definition) is 6. The Morgan fingerprint density at radius 2 is 1.68 bits per heavy atom. The summed E-state index contributed by atoms with van der Waals surface area (Å²) in [6.45, 7) is 5.02. The van der Waals surface area contributed by atoms with E-state index in [4.69, 9.17) is 15.1 Å². The van der Waals surface area contributed by atoms with Crippen molar-refractivity contribution in [1.82, 2.24) is 24.6 Å². The highest BCUT2D eigenvalue weighted by molar-refractivity contribution is 7.10. The van der Waals surface area contributed by atoms with Crippen molar-refractivity contribution in [3.63, 3.8) is 0 Å². The molecule has 1 amide bonds. The lowest BCUT2D eigenvalue weighted by Gasteiger charge is -2.24. The van der Waals surface area contributed by atoms with E-state index in [-0.39, 0.29) is 5.91 Å². The number of hydrogen-bond donors (Lipinski definition) is 0. The minimum Gasteiger partial charge on any atom is -0.354 e. The summed E-state index contributed by atoms with van der Waals surface area (Å²) in [7, 11) is 0. The molecule has 1 fully saturated rings. The highest BCUT2D eigenvalue weighted by Gasteiger charge is 2.25. The largest absolute Gasteiger partial charge is 0.354 e. The predicted molar refractivity (Wildman–Crippen MR) is 152 cm³/mol. The van der Waals surface area contributed by atoms with Crippen molar-refractivity contribution in [2.45, 2.75) is 26.2 Å². The van der Waals surface area contributed by atoms with Gasteiger partial charge in [0.1, 0.15) is 11.6 Å². The Labute approximate surface area is 226 Å². The topological polar surface area (TPSA) is 67.2 Å². The van der Waals surface area contributed by atoms with E-state index in [0.29, 0.717) is 19.4 Å². The number of carbonyl (C=O) groups excluding carboxylic acids is 1. The fraction of sp³-hybridized carbons (Fsp3) is 0.267. The lowest BCUT2D eigenvalue weighted by molar-refractivity contribution is -0.130. The van der Waals surface area contributed by atoms with Crippen LogP contribution in [0.2, 0.25) is 0 Å². The zero-order chi connectivity index (χ0) is 25.9. The summed E-state index contributed by atoms with van der Waals surface area (Å²) >= 11 is 1.64. The van der Waals surface area contributed by atoms with Crippen LogP contribution in [0.1, 0.15) is 28.4 Å². The molecule has 0 spiro atoms. The Balaban J connectivity index is 1.36. The van der Waals surface area contributed by atoms with E-state index in [2.05, 4.69) is 17.0 Å². The van der Waals surface area contributed by atoms with Crippen LogP contribution in [0.25, 0.3) is 16.7 Å². The fourth-order valence-corrected chi connectivity index (χ4v) is 5.79. The van der Waals surface area contributed by atoms with Gasteiger partial charge in [-0.25, -0.2) is 14.6 Å². The number of aromatic nitrogens is 4. The summed E-state index contributed by atoms with van der Waals surface area (Å²) in [5.74, 6) is 1.87. The van der Waals surface area contributed by atoms with Gasteiger partial charge in [-0.3, -0.25) is 4.79 Å². The van der Waals surface area contributed by atoms with Crippen molar-refractivity contribution in [1.29, 1.82) is 0 Å². The van der Waals surface area contributed by atoms with Gasteiger partial charge in [-0.2, -0.15) is 5.10 Å². The van der Waals surface area contributed by atoms with Gasteiger partial charge in [0.15, 0.2) is 5.65 Å². The van der Waals surface area contributed by atoms with Crippen LogP contribution in [-0.2, 0) is 17.6 Å². The molecular formula is C30H30N6OS. The molecule has 1 aliphatic heterocycles. The maximum atomic E-state index is 13.0. The van der Waals surface area contributed by atoms with Crippen molar-refractivity contribution in [3.05, 3.63) is 100 Å². The van der Waals surface area contributed by atoms with Crippen LogP contribution in [0.15, 0.2) is 78.2 Å². The van der Waals surface area contributed by atoms with Gasteiger partial charge >= 0.3 is 0 Å². The zero-order valence-electron chi connectivity index (χ0n) is 21.5. The molecule has 5 aromatic rings. The Kier molecular flexibility index (Phi) is 6.88. The second-order valence-corrected chi connectivity index (χ2v) is 10.7. The standard InChI is InChI=1S/C30H30N6OS/c1-22-28-29(35-16-9-15-34(17-18-35)27(37)21-25-14-8-19-38-25)31-26(20-23-10-4-2-5-11-23)32-30(28)36(33-22)24-12-6-3-7-13-24/h2-8,10-14,19H,9,15-18,20-21H2,1H3. The molecule has 0 radical (unpaired) electrons. The minimum atomic E-state index is 0.194. The molecule has 38 heavy (non-hydrogen) atoms. The number of carbonyl (C=O) groups is 1. The third-order valence-corrected chi connectivity index (χ3v) is 7.87. The third-order valence-electron chi connectivity index (χ3n) is 6.99.